The van der Waals surface area contributed by atoms with Crippen LogP contribution in [0.1, 0.15) is 42.4 Å². The second-order valence-corrected chi connectivity index (χ2v) is 6.85. The molecule has 4 nitrogen and oxygen atoms in total. The van der Waals surface area contributed by atoms with E-state index in [1.807, 2.05) is 0 Å². The minimum atomic E-state index is 0.207. The molecule has 2 bridgehead atoms. The minimum absolute atomic E-state index is 0.207. The number of benzene rings is 1. The molecule has 0 spiro atoms. The van der Waals surface area contributed by atoms with Crippen molar-refractivity contribution in [2.75, 3.05) is 13.7 Å². The number of rotatable bonds is 3. The van der Waals surface area contributed by atoms with Gasteiger partial charge in [0.2, 0.25) is 5.91 Å². The Kier molecular flexibility index (Phi) is 3.57. The summed E-state index contributed by atoms with van der Waals surface area (Å²) in [5.41, 5.74) is 4.23. The lowest BCUT2D eigenvalue weighted by Gasteiger charge is -2.28. The molecule has 2 fully saturated rings. The van der Waals surface area contributed by atoms with Crippen LogP contribution in [0.15, 0.2) is 12.1 Å². The SMILES string of the molecule is COc1cc2c(cc1CN1[C@@H]3CC[C@H]1CC(=O)NC3)CCC2. The Balaban J connectivity index is 1.62. The summed E-state index contributed by atoms with van der Waals surface area (Å²) in [5.74, 6) is 1.22. The molecule has 2 saturated heterocycles. The average molecular weight is 300 g/mol. The predicted octanol–water partition coefficient (Wildman–Crippen LogP) is 2.04. The van der Waals surface area contributed by atoms with E-state index in [4.69, 9.17) is 4.74 Å². The Hall–Kier alpha value is -1.55. The number of hydrogen-bond acceptors (Lipinski definition) is 3. The fourth-order valence-electron chi connectivity index (χ4n) is 4.39. The summed E-state index contributed by atoms with van der Waals surface area (Å²) in [6.07, 6.45) is 6.61. The van der Waals surface area contributed by atoms with Crippen LogP contribution < -0.4 is 10.1 Å². The molecule has 118 valence electrons. The van der Waals surface area contributed by atoms with Crippen LogP contribution in [0.2, 0.25) is 0 Å². The summed E-state index contributed by atoms with van der Waals surface area (Å²) in [7, 11) is 1.77. The average Bonchev–Trinajstić information content (AvgIpc) is 3.06. The molecule has 0 radical (unpaired) electrons. The van der Waals surface area contributed by atoms with E-state index in [0.29, 0.717) is 18.5 Å². The van der Waals surface area contributed by atoms with Crippen molar-refractivity contribution in [3.63, 3.8) is 0 Å². The molecular formula is C18H24N2O2. The van der Waals surface area contributed by atoms with Crippen molar-refractivity contribution in [2.45, 2.75) is 57.2 Å². The summed E-state index contributed by atoms with van der Waals surface area (Å²) in [5, 5.41) is 3.05. The molecule has 0 aromatic heterocycles. The molecule has 22 heavy (non-hydrogen) atoms. The number of carbonyl (C=O) groups is 1. The van der Waals surface area contributed by atoms with Crippen LogP contribution in [0.4, 0.5) is 0 Å². The van der Waals surface area contributed by atoms with E-state index in [1.165, 1.54) is 42.4 Å². The van der Waals surface area contributed by atoms with Crippen LogP contribution in [-0.4, -0.2) is 36.5 Å². The monoisotopic (exact) mass is 300 g/mol. The van der Waals surface area contributed by atoms with E-state index in [-0.39, 0.29) is 5.91 Å². The molecule has 2 heterocycles. The van der Waals surface area contributed by atoms with Gasteiger partial charge in [0, 0.05) is 37.2 Å². The van der Waals surface area contributed by atoms with Crippen molar-refractivity contribution >= 4 is 5.91 Å². The number of amides is 1. The Morgan fingerprint density at radius 3 is 2.82 bits per heavy atom. The Labute approximate surface area is 131 Å². The summed E-state index contributed by atoms with van der Waals surface area (Å²) in [4.78, 5) is 14.3. The zero-order valence-electron chi connectivity index (χ0n) is 13.2. The maximum absolute atomic E-state index is 11.8. The lowest BCUT2D eigenvalue weighted by molar-refractivity contribution is -0.121. The maximum Gasteiger partial charge on any atom is 0.221 e. The van der Waals surface area contributed by atoms with Gasteiger partial charge in [-0.1, -0.05) is 6.07 Å². The van der Waals surface area contributed by atoms with Gasteiger partial charge in [0.15, 0.2) is 0 Å². The maximum atomic E-state index is 11.8. The Morgan fingerprint density at radius 2 is 2.00 bits per heavy atom. The summed E-state index contributed by atoms with van der Waals surface area (Å²) < 4.78 is 5.65. The summed E-state index contributed by atoms with van der Waals surface area (Å²) >= 11 is 0. The number of methoxy groups -OCH3 is 1. The van der Waals surface area contributed by atoms with Crippen molar-refractivity contribution in [2.24, 2.45) is 0 Å². The predicted molar refractivity (Wildman–Crippen MR) is 85.0 cm³/mol. The topological polar surface area (TPSA) is 41.6 Å². The summed E-state index contributed by atoms with van der Waals surface area (Å²) in [6, 6.07) is 5.46. The molecule has 0 saturated carbocycles. The van der Waals surface area contributed by atoms with Gasteiger partial charge in [0.05, 0.1) is 7.11 Å². The number of hydrogen-bond donors (Lipinski definition) is 1. The van der Waals surface area contributed by atoms with Gasteiger partial charge in [-0.05, 0) is 49.3 Å². The molecule has 1 aliphatic carbocycles. The van der Waals surface area contributed by atoms with Gasteiger partial charge in [-0.25, -0.2) is 0 Å². The highest BCUT2D eigenvalue weighted by atomic mass is 16.5. The molecule has 1 amide bonds. The van der Waals surface area contributed by atoms with E-state index in [1.54, 1.807) is 7.11 Å². The third-order valence-electron chi connectivity index (χ3n) is 5.57. The molecule has 2 atom stereocenters. The van der Waals surface area contributed by atoms with Crippen molar-refractivity contribution in [3.8, 4) is 5.75 Å². The first-order valence-electron chi connectivity index (χ1n) is 8.45. The van der Waals surface area contributed by atoms with Crippen LogP contribution in [-0.2, 0) is 24.2 Å². The standard InChI is InChI=1S/C18H24N2O2/c1-22-17-8-13-4-2-3-12(13)7-14(17)11-20-15-5-6-16(20)10-19-18(21)9-15/h7-8,15-16H,2-6,9-11H2,1H3,(H,19,21)/t15-,16+/m0/s1. The number of nitrogens with one attached hydrogen (secondary N) is 1. The number of fused-ring (bicyclic) bond motifs is 3. The molecule has 0 unspecified atom stereocenters. The van der Waals surface area contributed by atoms with Crippen LogP contribution >= 0.6 is 0 Å². The number of ether oxygens (including phenoxy) is 1. The minimum Gasteiger partial charge on any atom is -0.496 e. The first-order chi connectivity index (χ1) is 10.7. The van der Waals surface area contributed by atoms with Gasteiger partial charge < -0.3 is 10.1 Å². The third kappa shape index (κ3) is 2.39. The highest BCUT2D eigenvalue weighted by molar-refractivity contribution is 5.77. The highest BCUT2D eigenvalue weighted by Gasteiger charge is 2.37. The van der Waals surface area contributed by atoms with Crippen LogP contribution in [0.25, 0.3) is 0 Å². The van der Waals surface area contributed by atoms with E-state index >= 15 is 0 Å². The number of nitrogens with zero attached hydrogens (tertiary/aromatic N) is 1. The molecule has 1 aromatic rings. The van der Waals surface area contributed by atoms with Crippen molar-refractivity contribution < 1.29 is 9.53 Å². The lowest BCUT2D eigenvalue weighted by atomic mass is 10.0. The molecule has 3 aliphatic rings. The zero-order chi connectivity index (χ0) is 15.1. The first kappa shape index (κ1) is 14.1. The van der Waals surface area contributed by atoms with Gasteiger partial charge in [-0.3, -0.25) is 9.69 Å². The van der Waals surface area contributed by atoms with E-state index in [9.17, 15) is 4.79 Å². The second-order valence-electron chi connectivity index (χ2n) is 6.85. The normalized spacial score (nSPS) is 27.4. The van der Waals surface area contributed by atoms with Gasteiger partial charge in [0.25, 0.3) is 0 Å². The van der Waals surface area contributed by atoms with E-state index in [2.05, 4.69) is 22.3 Å². The number of carbonyl (C=O) groups excluding carboxylic acids is 1. The van der Waals surface area contributed by atoms with Gasteiger partial charge >= 0.3 is 0 Å². The Bertz CT molecular complexity index is 599. The van der Waals surface area contributed by atoms with Crippen LogP contribution in [0, 0.1) is 0 Å². The fourth-order valence-corrected chi connectivity index (χ4v) is 4.39. The van der Waals surface area contributed by atoms with Crippen molar-refractivity contribution in [1.29, 1.82) is 0 Å². The van der Waals surface area contributed by atoms with Crippen molar-refractivity contribution in [1.82, 2.24) is 10.2 Å². The molecule has 4 rings (SSSR count). The van der Waals surface area contributed by atoms with Crippen LogP contribution in [0.5, 0.6) is 5.75 Å². The second kappa shape index (κ2) is 5.58. The van der Waals surface area contributed by atoms with E-state index < -0.39 is 0 Å². The Morgan fingerprint density at radius 1 is 1.23 bits per heavy atom. The smallest absolute Gasteiger partial charge is 0.221 e. The van der Waals surface area contributed by atoms with Gasteiger partial charge in [0.1, 0.15) is 5.75 Å². The highest BCUT2D eigenvalue weighted by Crippen LogP contribution is 2.35. The quantitative estimate of drug-likeness (QED) is 0.929. The number of aryl methyl sites for hydroxylation is 2. The molecule has 1 N–H and O–H groups in total. The molecule has 4 heteroatoms. The summed E-state index contributed by atoms with van der Waals surface area (Å²) in [6.45, 7) is 1.70. The zero-order valence-corrected chi connectivity index (χ0v) is 13.2. The molecule has 2 aliphatic heterocycles. The van der Waals surface area contributed by atoms with E-state index in [0.717, 1.165) is 25.3 Å². The van der Waals surface area contributed by atoms with Gasteiger partial charge in [-0.2, -0.15) is 0 Å². The van der Waals surface area contributed by atoms with Crippen molar-refractivity contribution in [3.05, 3.63) is 28.8 Å². The van der Waals surface area contributed by atoms with Gasteiger partial charge in [-0.15, -0.1) is 0 Å². The first-order valence-corrected chi connectivity index (χ1v) is 8.45. The lowest BCUT2D eigenvalue weighted by Crippen LogP contribution is -2.37. The molecular weight excluding hydrogens is 276 g/mol. The largest absolute Gasteiger partial charge is 0.496 e. The third-order valence-corrected chi connectivity index (χ3v) is 5.57. The molecule has 1 aromatic carbocycles. The van der Waals surface area contributed by atoms with Crippen LogP contribution in [0.3, 0.4) is 0 Å². The fraction of sp³-hybridized carbons (Fsp3) is 0.611.